The fourth-order valence-corrected chi connectivity index (χ4v) is 4.38. The van der Waals surface area contributed by atoms with Crippen molar-refractivity contribution in [1.29, 1.82) is 0 Å². The maximum Gasteiger partial charge on any atom is 0.276 e. The fourth-order valence-electron chi connectivity index (χ4n) is 3.59. The summed E-state index contributed by atoms with van der Waals surface area (Å²) in [6.45, 7) is 2.63. The molecule has 3 aromatic rings. The zero-order chi connectivity index (χ0) is 20.6. The number of carbonyl (C=O) groups excluding carboxylic acids is 1. The van der Waals surface area contributed by atoms with Crippen LogP contribution in [0.15, 0.2) is 54.6 Å². The second kappa shape index (κ2) is 7.46. The van der Waals surface area contributed by atoms with Gasteiger partial charge in [0.05, 0.1) is 11.9 Å². The van der Waals surface area contributed by atoms with Crippen LogP contribution in [0.4, 0.5) is 5.69 Å². The van der Waals surface area contributed by atoms with E-state index >= 15 is 0 Å². The van der Waals surface area contributed by atoms with Crippen LogP contribution in [0.3, 0.4) is 0 Å². The van der Waals surface area contributed by atoms with Crippen molar-refractivity contribution in [3.8, 4) is 5.69 Å². The number of sulfonamides is 1. The molecule has 0 aliphatic carbocycles. The largest absolute Gasteiger partial charge is 0.320 e. The smallest absolute Gasteiger partial charge is 0.276 e. The van der Waals surface area contributed by atoms with Crippen LogP contribution in [-0.2, 0) is 23.0 Å². The van der Waals surface area contributed by atoms with Crippen LogP contribution >= 0.6 is 0 Å². The SMILES string of the molecule is Cc1cc(C(=O)Nc2cccc3c2CCN(S(C)(=O)=O)C3)nn1-c1ccccc1. The van der Waals surface area contributed by atoms with E-state index in [9.17, 15) is 13.2 Å². The molecular formula is C21H22N4O3S. The fraction of sp³-hybridized carbons (Fsp3) is 0.238. The number of nitrogens with zero attached hydrogens (tertiary/aromatic N) is 3. The molecule has 0 bridgehead atoms. The van der Waals surface area contributed by atoms with E-state index in [2.05, 4.69) is 10.4 Å². The van der Waals surface area contributed by atoms with E-state index in [0.29, 0.717) is 30.9 Å². The van der Waals surface area contributed by atoms with Crippen molar-refractivity contribution in [2.75, 3.05) is 18.1 Å². The summed E-state index contributed by atoms with van der Waals surface area (Å²) in [4.78, 5) is 12.8. The van der Waals surface area contributed by atoms with Crippen LogP contribution in [0.25, 0.3) is 5.69 Å². The van der Waals surface area contributed by atoms with Crippen molar-refractivity contribution in [3.05, 3.63) is 77.1 Å². The molecule has 1 aliphatic heterocycles. The van der Waals surface area contributed by atoms with Crippen molar-refractivity contribution >= 4 is 21.6 Å². The Labute approximate surface area is 170 Å². The summed E-state index contributed by atoms with van der Waals surface area (Å²) >= 11 is 0. The number of para-hydroxylation sites is 1. The minimum Gasteiger partial charge on any atom is -0.320 e. The molecule has 2 aromatic carbocycles. The molecule has 0 saturated heterocycles. The van der Waals surface area contributed by atoms with Gasteiger partial charge < -0.3 is 5.32 Å². The summed E-state index contributed by atoms with van der Waals surface area (Å²) in [5.74, 6) is -0.290. The van der Waals surface area contributed by atoms with Gasteiger partial charge in [0.25, 0.3) is 5.91 Å². The molecule has 4 rings (SSSR count). The average molecular weight is 410 g/mol. The first-order chi connectivity index (χ1) is 13.8. The molecule has 1 aliphatic rings. The summed E-state index contributed by atoms with van der Waals surface area (Å²) in [7, 11) is -3.24. The van der Waals surface area contributed by atoms with Crippen molar-refractivity contribution in [1.82, 2.24) is 14.1 Å². The Morgan fingerprint density at radius 2 is 1.86 bits per heavy atom. The van der Waals surface area contributed by atoms with Gasteiger partial charge in [0.2, 0.25) is 10.0 Å². The van der Waals surface area contributed by atoms with Crippen LogP contribution in [0.5, 0.6) is 0 Å². The molecule has 0 saturated carbocycles. The summed E-state index contributed by atoms with van der Waals surface area (Å²) in [5.41, 5.74) is 4.66. The van der Waals surface area contributed by atoms with Gasteiger partial charge in [-0.1, -0.05) is 30.3 Å². The first kappa shape index (κ1) is 19.4. The molecule has 8 heteroatoms. The van der Waals surface area contributed by atoms with E-state index in [0.717, 1.165) is 22.5 Å². The molecule has 2 heterocycles. The van der Waals surface area contributed by atoms with Crippen molar-refractivity contribution < 1.29 is 13.2 Å². The highest BCUT2D eigenvalue weighted by molar-refractivity contribution is 7.88. The molecule has 0 atom stereocenters. The van der Waals surface area contributed by atoms with Gasteiger partial charge in [0.15, 0.2) is 5.69 Å². The minimum atomic E-state index is -3.24. The van der Waals surface area contributed by atoms with Crippen LogP contribution in [0.2, 0.25) is 0 Å². The van der Waals surface area contributed by atoms with Gasteiger partial charge in [-0.15, -0.1) is 0 Å². The predicted octanol–water partition coefficient (Wildman–Crippen LogP) is 2.75. The number of aryl methyl sites for hydroxylation is 1. The van der Waals surface area contributed by atoms with Gasteiger partial charge >= 0.3 is 0 Å². The normalized spacial score (nSPS) is 14.4. The van der Waals surface area contributed by atoms with Crippen LogP contribution in [0.1, 0.15) is 27.3 Å². The van der Waals surface area contributed by atoms with E-state index in [1.165, 1.54) is 10.6 Å². The molecule has 1 aromatic heterocycles. The Bertz CT molecular complexity index is 1170. The molecule has 0 spiro atoms. The lowest BCUT2D eigenvalue weighted by Crippen LogP contribution is -2.35. The van der Waals surface area contributed by atoms with Gasteiger partial charge in [-0.25, -0.2) is 13.1 Å². The second-order valence-electron chi connectivity index (χ2n) is 7.16. The standard InChI is InChI=1S/C21H22N4O3S/c1-15-13-20(23-25(15)17-8-4-3-5-9-17)21(26)22-19-10-6-7-16-14-24(29(2,27)28)12-11-18(16)19/h3-10,13H,11-12,14H2,1-2H3,(H,22,26). The Balaban J connectivity index is 1.58. The summed E-state index contributed by atoms with van der Waals surface area (Å²) in [6, 6.07) is 17.0. The molecule has 0 radical (unpaired) electrons. The number of rotatable bonds is 4. The monoisotopic (exact) mass is 410 g/mol. The van der Waals surface area contributed by atoms with E-state index in [4.69, 9.17) is 0 Å². The third-order valence-electron chi connectivity index (χ3n) is 5.07. The topological polar surface area (TPSA) is 84.3 Å². The van der Waals surface area contributed by atoms with Gasteiger partial charge in [-0.2, -0.15) is 9.40 Å². The zero-order valence-corrected chi connectivity index (χ0v) is 17.1. The number of benzene rings is 2. The lowest BCUT2D eigenvalue weighted by molar-refractivity contribution is 0.102. The average Bonchev–Trinajstić information content (AvgIpc) is 3.09. The van der Waals surface area contributed by atoms with Crippen molar-refractivity contribution in [2.45, 2.75) is 19.9 Å². The predicted molar refractivity (Wildman–Crippen MR) is 112 cm³/mol. The number of hydrogen-bond acceptors (Lipinski definition) is 4. The van der Waals surface area contributed by atoms with Crippen molar-refractivity contribution in [3.63, 3.8) is 0 Å². The Morgan fingerprint density at radius 3 is 2.59 bits per heavy atom. The Morgan fingerprint density at radius 1 is 1.10 bits per heavy atom. The molecule has 1 N–H and O–H groups in total. The van der Waals surface area contributed by atoms with Crippen LogP contribution < -0.4 is 5.32 Å². The summed E-state index contributed by atoms with van der Waals surface area (Å²) < 4.78 is 26.9. The first-order valence-electron chi connectivity index (χ1n) is 9.32. The third-order valence-corrected chi connectivity index (χ3v) is 6.32. The molecule has 1 amide bonds. The molecular weight excluding hydrogens is 388 g/mol. The van der Waals surface area contributed by atoms with Crippen molar-refractivity contribution in [2.24, 2.45) is 0 Å². The van der Waals surface area contributed by atoms with Gasteiger partial charge in [0.1, 0.15) is 0 Å². The number of anilines is 1. The highest BCUT2D eigenvalue weighted by Crippen LogP contribution is 2.27. The molecule has 0 unspecified atom stereocenters. The van der Waals surface area contributed by atoms with Gasteiger partial charge in [-0.05, 0) is 48.7 Å². The van der Waals surface area contributed by atoms with E-state index < -0.39 is 10.0 Å². The summed E-state index contributed by atoms with van der Waals surface area (Å²) in [5, 5.41) is 7.40. The van der Waals surface area contributed by atoms with Crippen LogP contribution in [-0.4, -0.2) is 41.2 Å². The number of hydrogen-bond donors (Lipinski definition) is 1. The maximum atomic E-state index is 12.8. The lowest BCUT2D eigenvalue weighted by Gasteiger charge is -2.28. The highest BCUT2D eigenvalue weighted by Gasteiger charge is 2.25. The minimum absolute atomic E-state index is 0.290. The van der Waals surface area contributed by atoms with E-state index in [-0.39, 0.29) is 5.91 Å². The number of amides is 1. The van der Waals surface area contributed by atoms with Crippen LogP contribution in [0, 0.1) is 6.92 Å². The van der Waals surface area contributed by atoms with Gasteiger partial charge in [-0.3, -0.25) is 4.79 Å². The zero-order valence-electron chi connectivity index (χ0n) is 16.3. The number of carbonyl (C=O) groups is 1. The quantitative estimate of drug-likeness (QED) is 0.717. The lowest BCUT2D eigenvalue weighted by atomic mass is 9.99. The number of aromatic nitrogens is 2. The number of fused-ring (bicyclic) bond motifs is 1. The Hall–Kier alpha value is -2.97. The second-order valence-corrected chi connectivity index (χ2v) is 9.14. The van der Waals surface area contributed by atoms with E-state index in [1.54, 1.807) is 10.7 Å². The Kier molecular flexibility index (Phi) is 4.97. The number of nitrogens with one attached hydrogen (secondary N) is 1. The molecule has 150 valence electrons. The molecule has 29 heavy (non-hydrogen) atoms. The third kappa shape index (κ3) is 3.94. The molecule has 7 nitrogen and oxygen atoms in total. The van der Waals surface area contributed by atoms with Gasteiger partial charge in [0, 0.05) is 24.5 Å². The first-order valence-corrected chi connectivity index (χ1v) is 11.2. The summed E-state index contributed by atoms with van der Waals surface area (Å²) in [6.07, 6.45) is 1.77. The maximum absolute atomic E-state index is 12.8. The molecule has 0 fully saturated rings. The highest BCUT2D eigenvalue weighted by atomic mass is 32.2. The van der Waals surface area contributed by atoms with E-state index in [1.807, 2.05) is 55.5 Å².